The molecule has 0 saturated carbocycles. The maximum Gasteiger partial charge on any atom is 0.319 e. The lowest BCUT2D eigenvalue weighted by molar-refractivity contribution is 0.158. The summed E-state index contributed by atoms with van der Waals surface area (Å²) in [6.07, 6.45) is 0. The summed E-state index contributed by atoms with van der Waals surface area (Å²) in [7, 11) is 1.59. The smallest absolute Gasteiger partial charge is 0.319 e. The Labute approximate surface area is 107 Å². The maximum absolute atomic E-state index is 11.6. The number of aliphatic hydroxyl groups is 1. The number of methoxy groups -OCH3 is 1. The van der Waals surface area contributed by atoms with E-state index >= 15 is 0 Å². The number of benzene rings is 1. The summed E-state index contributed by atoms with van der Waals surface area (Å²) in [5.41, 5.74) is 0.368. The number of ether oxygens (including phenoxy) is 1. The zero-order valence-corrected chi connectivity index (χ0v) is 11.0. The Balaban J connectivity index is 2.44. The largest absolute Gasteiger partial charge is 0.497 e. The van der Waals surface area contributed by atoms with Crippen LogP contribution in [0.2, 0.25) is 0 Å². The van der Waals surface area contributed by atoms with Gasteiger partial charge in [0.1, 0.15) is 5.75 Å². The van der Waals surface area contributed by atoms with Crippen LogP contribution in [0.15, 0.2) is 24.3 Å². The molecule has 0 aliphatic rings. The van der Waals surface area contributed by atoms with Gasteiger partial charge in [0.2, 0.25) is 0 Å². The van der Waals surface area contributed by atoms with Crippen LogP contribution < -0.4 is 15.4 Å². The monoisotopic (exact) mass is 252 g/mol. The second-order valence-electron chi connectivity index (χ2n) is 4.86. The SMILES string of the molecule is COc1ccc(NC(=O)NCC(C)(C)CO)cc1. The molecule has 0 unspecified atom stereocenters. The lowest BCUT2D eigenvalue weighted by Crippen LogP contribution is -2.38. The fourth-order valence-corrected chi connectivity index (χ4v) is 1.23. The number of carbonyl (C=O) groups is 1. The van der Waals surface area contributed by atoms with Crippen molar-refractivity contribution in [1.29, 1.82) is 0 Å². The van der Waals surface area contributed by atoms with Crippen LogP contribution in [0, 0.1) is 5.41 Å². The van der Waals surface area contributed by atoms with Crippen molar-refractivity contribution >= 4 is 11.7 Å². The normalized spacial score (nSPS) is 10.9. The average Bonchev–Trinajstić information content (AvgIpc) is 2.37. The van der Waals surface area contributed by atoms with Crippen molar-refractivity contribution < 1.29 is 14.6 Å². The molecule has 0 radical (unpaired) electrons. The zero-order valence-electron chi connectivity index (χ0n) is 11.0. The van der Waals surface area contributed by atoms with Crippen molar-refractivity contribution in [2.75, 3.05) is 25.6 Å². The zero-order chi connectivity index (χ0) is 13.6. The van der Waals surface area contributed by atoms with Crippen LogP contribution in [0.4, 0.5) is 10.5 Å². The first-order valence-electron chi connectivity index (χ1n) is 5.76. The van der Waals surface area contributed by atoms with Gasteiger partial charge in [0.15, 0.2) is 0 Å². The molecule has 3 N–H and O–H groups in total. The van der Waals surface area contributed by atoms with Crippen molar-refractivity contribution in [3.63, 3.8) is 0 Å². The Bertz CT molecular complexity index is 388. The van der Waals surface area contributed by atoms with Crippen molar-refractivity contribution in [3.8, 4) is 5.75 Å². The van der Waals surface area contributed by atoms with E-state index in [1.807, 2.05) is 13.8 Å². The van der Waals surface area contributed by atoms with E-state index in [1.54, 1.807) is 31.4 Å². The number of carbonyl (C=O) groups excluding carboxylic acids is 1. The van der Waals surface area contributed by atoms with Gasteiger partial charge in [0.05, 0.1) is 7.11 Å². The summed E-state index contributed by atoms with van der Waals surface area (Å²) in [5.74, 6) is 0.738. The number of amides is 2. The molecule has 5 nitrogen and oxygen atoms in total. The van der Waals surface area contributed by atoms with Gasteiger partial charge in [0.25, 0.3) is 0 Å². The van der Waals surface area contributed by atoms with E-state index in [4.69, 9.17) is 9.84 Å². The molecule has 0 bridgehead atoms. The van der Waals surface area contributed by atoms with Crippen molar-refractivity contribution in [2.24, 2.45) is 5.41 Å². The van der Waals surface area contributed by atoms with Gasteiger partial charge in [-0.15, -0.1) is 0 Å². The molecule has 0 fully saturated rings. The maximum atomic E-state index is 11.6. The van der Waals surface area contributed by atoms with Crippen LogP contribution >= 0.6 is 0 Å². The Morgan fingerprint density at radius 1 is 1.33 bits per heavy atom. The lowest BCUT2D eigenvalue weighted by Gasteiger charge is -2.21. The van der Waals surface area contributed by atoms with E-state index in [2.05, 4.69) is 10.6 Å². The second-order valence-corrected chi connectivity index (χ2v) is 4.86. The van der Waals surface area contributed by atoms with Gasteiger partial charge in [-0.2, -0.15) is 0 Å². The molecule has 5 heteroatoms. The molecule has 0 aliphatic heterocycles. The summed E-state index contributed by atoms with van der Waals surface area (Å²) in [6.45, 7) is 4.18. The minimum Gasteiger partial charge on any atom is -0.497 e. The van der Waals surface area contributed by atoms with E-state index in [9.17, 15) is 4.79 Å². The molecule has 0 atom stereocenters. The van der Waals surface area contributed by atoms with Gasteiger partial charge >= 0.3 is 6.03 Å². The molecule has 0 heterocycles. The minimum atomic E-state index is -0.322. The van der Waals surface area contributed by atoms with E-state index in [1.165, 1.54) is 0 Å². The van der Waals surface area contributed by atoms with E-state index < -0.39 is 0 Å². The molecule has 0 aliphatic carbocycles. The molecule has 1 rings (SSSR count). The molecule has 1 aromatic rings. The lowest BCUT2D eigenvalue weighted by atomic mass is 9.95. The van der Waals surface area contributed by atoms with E-state index in [-0.39, 0.29) is 18.1 Å². The van der Waals surface area contributed by atoms with Crippen LogP contribution in [0.3, 0.4) is 0 Å². The van der Waals surface area contributed by atoms with Crippen LogP contribution in [0.25, 0.3) is 0 Å². The predicted molar refractivity (Wildman–Crippen MR) is 70.9 cm³/mol. The minimum absolute atomic E-state index is 0.0236. The standard InChI is InChI=1S/C13H20N2O3/c1-13(2,9-16)8-14-12(17)15-10-4-6-11(18-3)7-5-10/h4-7,16H,8-9H2,1-3H3,(H2,14,15,17). The molecule has 0 spiro atoms. The van der Waals surface area contributed by atoms with Gasteiger partial charge in [0, 0.05) is 24.3 Å². The van der Waals surface area contributed by atoms with Gasteiger partial charge in [-0.25, -0.2) is 4.79 Å². The molecular weight excluding hydrogens is 232 g/mol. The Hall–Kier alpha value is -1.75. The van der Waals surface area contributed by atoms with Crippen molar-refractivity contribution in [2.45, 2.75) is 13.8 Å². The first kappa shape index (κ1) is 14.3. The fourth-order valence-electron chi connectivity index (χ4n) is 1.23. The quantitative estimate of drug-likeness (QED) is 0.748. The molecule has 0 saturated heterocycles. The van der Waals surface area contributed by atoms with E-state index in [0.29, 0.717) is 12.2 Å². The molecule has 18 heavy (non-hydrogen) atoms. The highest BCUT2D eigenvalue weighted by molar-refractivity contribution is 5.89. The Kier molecular flexibility index (Phi) is 4.97. The third kappa shape index (κ3) is 4.63. The highest BCUT2D eigenvalue weighted by Gasteiger charge is 2.17. The third-order valence-electron chi connectivity index (χ3n) is 2.50. The number of anilines is 1. The number of hydrogen-bond acceptors (Lipinski definition) is 3. The topological polar surface area (TPSA) is 70.6 Å². The van der Waals surface area contributed by atoms with Crippen LogP contribution in [0.5, 0.6) is 5.75 Å². The van der Waals surface area contributed by atoms with Crippen molar-refractivity contribution in [3.05, 3.63) is 24.3 Å². The molecule has 100 valence electrons. The summed E-state index contributed by atoms with van der Waals surface area (Å²) < 4.78 is 5.02. The van der Waals surface area contributed by atoms with Gasteiger partial charge in [-0.1, -0.05) is 13.8 Å². The number of rotatable bonds is 5. The number of nitrogens with one attached hydrogen (secondary N) is 2. The molecule has 1 aromatic carbocycles. The molecule has 2 amide bonds. The summed E-state index contributed by atoms with van der Waals surface area (Å²) in [6, 6.07) is 6.77. The first-order chi connectivity index (χ1) is 8.46. The summed E-state index contributed by atoms with van der Waals surface area (Å²) in [4.78, 5) is 11.6. The van der Waals surface area contributed by atoms with Crippen molar-refractivity contribution in [1.82, 2.24) is 5.32 Å². The van der Waals surface area contributed by atoms with E-state index in [0.717, 1.165) is 5.75 Å². The van der Waals surface area contributed by atoms with Crippen LogP contribution in [-0.2, 0) is 0 Å². The Morgan fingerprint density at radius 2 is 1.94 bits per heavy atom. The third-order valence-corrected chi connectivity index (χ3v) is 2.50. The highest BCUT2D eigenvalue weighted by Crippen LogP contribution is 2.15. The fraction of sp³-hybridized carbons (Fsp3) is 0.462. The summed E-state index contributed by atoms with van der Waals surface area (Å²) in [5, 5.41) is 14.5. The number of urea groups is 1. The number of aliphatic hydroxyl groups excluding tert-OH is 1. The highest BCUT2D eigenvalue weighted by atomic mass is 16.5. The predicted octanol–water partition coefficient (Wildman–Crippen LogP) is 1.84. The first-order valence-corrected chi connectivity index (χ1v) is 5.76. The van der Waals surface area contributed by atoms with Crippen LogP contribution in [0.1, 0.15) is 13.8 Å². The second kappa shape index (κ2) is 6.26. The Morgan fingerprint density at radius 3 is 2.44 bits per heavy atom. The van der Waals surface area contributed by atoms with Gasteiger partial charge < -0.3 is 20.5 Å². The van der Waals surface area contributed by atoms with Gasteiger partial charge in [-0.3, -0.25) is 0 Å². The summed E-state index contributed by atoms with van der Waals surface area (Å²) >= 11 is 0. The number of hydrogen-bond donors (Lipinski definition) is 3. The average molecular weight is 252 g/mol. The van der Waals surface area contributed by atoms with Crippen LogP contribution in [-0.4, -0.2) is 31.4 Å². The molecular formula is C13H20N2O3. The molecule has 0 aromatic heterocycles. The van der Waals surface area contributed by atoms with Gasteiger partial charge in [-0.05, 0) is 24.3 Å².